The van der Waals surface area contributed by atoms with E-state index in [1.807, 2.05) is 47.8 Å². The smallest absolute Gasteiger partial charge is 0.231 e. The summed E-state index contributed by atoms with van der Waals surface area (Å²) < 4.78 is 15.9. The van der Waals surface area contributed by atoms with Crippen LogP contribution in [0.15, 0.2) is 47.8 Å². The van der Waals surface area contributed by atoms with Crippen LogP contribution in [0.2, 0.25) is 0 Å². The molecule has 1 aliphatic heterocycles. The second kappa shape index (κ2) is 7.96. The summed E-state index contributed by atoms with van der Waals surface area (Å²) >= 11 is 1.58. The van der Waals surface area contributed by atoms with Crippen molar-refractivity contribution in [2.24, 2.45) is 0 Å². The molecule has 0 saturated carbocycles. The number of rotatable bonds is 7. The molecule has 0 aliphatic carbocycles. The van der Waals surface area contributed by atoms with Crippen LogP contribution in [0, 0.1) is 0 Å². The minimum Gasteiger partial charge on any atom is -0.497 e. The fraction of sp³-hybridized carbons (Fsp3) is 0.250. The zero-order valence-corrected chi connectivity index (χ0v) is 15.7. The van der Waals surface area contributed by atoms with Gasteiger partial charge in [0.1, 0.15) is 10.8 Å². The first-order valence-electron chi connectivity index (χ1n) is 8.60. The highest BCUT2D eigenvalue weighted by atomic mass is 32.1. The Bertz CT molecular complexity index is 911. The van der Waals surface area contributed by atoms with Crippen LogP contribution < -0.4 is 19.5 Å². The summed E-state index contributed by atoms with van der Waals surface area (Å²) in [6.07, 6.45) is -0.581. The lowest BCUT2D eigenvalue weighted by atomic mass is 10.1. The Labute approximate surface area is 161 Å². The summed E-state index contributed by atoms with van der Waals surface area (Å²) in [5, 5.41) is 16.5. The summed E-state index contributed by atoms with van der Waals surface area (Å²) in [7, 11) is 1.62. The van der Waals surface area contributed by atoms with Gasteiger partial charge in [-0.25, -0.2) is 4.98 Å². The predicted molar refractivity (Wildman–Crippen MR) is 103 cm³/mol. The van der Waals surface area contributed by atoms with Gasteiger partial charge < -0.3 is 24.6 Å². The molecule has 0 saturated heterocycles. The molecule has 0 amide bonds. The normalized spacial score (nSPS) is 13.6. The highest BCUT2D eigenvalue weighted by Crippen LogP contribution is 2.36. The van der Waals surface area contributed by atoms with E-state index < -0.39 is 6.10 Å². The maximum atomic E-state index is 10.3. The van der Waals surface area contributed by atoms with Crippen LogP contribution in [-0.2, 0) is 6.54 Å². The summed E-state index contributed by atoms with van der Waals surface area (Å²) in [6, 6.07) is 13.3. The molecule has 0 bridgehead atoms. The molecule has 0 spiro atoms. The highest BCUT2D eigenvalue weighted by Gasteiger charge is 2.15. The molecule has 2 aromatic carbocycles. The standard InChI is InChI=1S/C20H20N2O4S/c1-24-16-5-2-13(3-6-16)17(23)10-21-9-15-11-27-20(22-15)14-4-7-18-19(8-14)26-12-25-18/h2-8,11,17,21,23H,9-10,12H2,1H3. The number of methoxy groups -OCH3 is 1. The lowest BCUT2D eigenvalue weighted by molar-refractivity contribution is 0.173. The molecule has 3 aromatic rings. The third-order valence-electron chi connectivity index (χ3n) is 4.32. The van der Waals surface area contributed by atoms with E-state index in [1.165, 1.54) is 0 Å². The molecular weight excluding hydrogens is 364 g/mol. The van der Waals surface area contributed by atoms with Gasteiger partial charge in [0.15, 0.2) is 11.5 Å². The van der Waals surface area contributed by atoms with Gasteiger partial charge in [-0.2, -0.15) is 0 Å². The number of aliphatic hydroxyl groups is 1. The third-order valence-corrected chi connectivity index (χ3v) is 5.26. The predicted octanol–water partition coefficient (Wildman–Crippen LogP) is 3.37. The van der Waals surface area contributed by atoms with E-state index in [1.54, 1.807) is 18.4 Å². The van der Waals surface area contributed by atoms with Crippen LogP contribution >= 0.6 is 11.3 Å². The number of fused-ring (bicyclic) bond motifs is 1. The van der Waals surface area contributed by atoms with Crippen molar-refractivity contribution in [1.29, 1.82) is 0 Å². The summed E-state index contributed by atoms with van der Waals surface area (Å²) in [5.74, 6) is 2.30. The van der Waals surface area contributed by atoms with Gasteiger partial charge in [-0.1, -0.05) is 12.1 Å². The van der Waals surface area contributed by atoms with Gasteiger partial charge in [-0.15, -0.1) is 11.3 Å². The van der Waals surface area contributed by atoms with Gasteiger partial charge in [-0.05, 0) is 35.9 Å². The third kappa shape index (κ3) is 4.05. The van der Waals surface area contributed by atoms with Crippen LogP contribution in [-0.4, -0.2) is 30.5 Å². The second-order valence-electron chi connectivity index (χ2n) is 6.13. The molecular formula is C20H20N2O4S. The van der Waals surface area contributed by atoms with E-state index in [0.717, 1.165) is 39.1 Å². The summed E-state index contributed by atoms with van der Waals surface area (Å²) in [4.78, 5) is 4.66. The van der Waals surface area contributed by atoms with E-state index in [4.69, 9.17) is 14.2 Å². The summed E-state index contributed by atoms with van der Waals surface area (Å²) in [5.41, 5.74) is 2.80. The quantitative estimate of drug-likeness (QED) is 0.651. The largest absolute Gasteiger partial charge is 0.497 e. The first kappa shape index (κ1) is 17.8. The Kier molecular flexibility index (Phi) is 5.24. The van der Waals surface area contributed by atoms with E-state index >= 15 is 0 Å². The molecule has 1 aliphatic rings. The Balaban J connectivity index is 1.33. The van der Waals surface area contributed by atoms with E-state index in [-0.39, 0.29) is 6.79 Å². The topological polar surface area (TPSA) is 72.8 Å². The number of aliphatic hydroxyl groups excluding tert-OH is 1. The van der Waals surface area contributed by atoms with Crippen molar-refractivity contribution < 1.29 is 19.3 Å². The Hall–Kier alpha value is -2.61. The fourth-order valence-corrected chi connectivity index (χ4v) is 3.65. The van der Waals surface area contributed by atoms with Crippen molar-refractivity contribution in [3.63, 3.8) is 0 Å². The number of thiazole rings is 1. The number of nitrogens with one attached hydrogen (secondary N) is 1. The van der Waals surface area contributed by atoms with Crippen molar-refractivity contribution in [3.8, 4) is 27.8 Å². The minimum atomic E-state index is -0.581. The average molecular weight is 384 g/mol. The maximum Gasteiger partial charge on any atom is 0.231 e. The molecule has 140 valence electrons. The Morgan fingerprint density at radius 3 is 2.81 bits per heavy atom. The van der Waals surface area contributed by atoms with Gasteiger partial charge in [-0.3, -0.25) is 0 Å². The van der Waals surface area contributed by atoms with Crippen molar-refractivity contribution >= 4 is 11.3 Å². The van der Waals surface area contributed by atoms with Crippen molar-refractivity contribution in [3.05, 3.63) is 59.1 Å². The molecule has 1 aromatic heterocycles. The van der Waals surface area contributed by atoms with Crippen molar-refractivity contribution in [1.82, 2.24) is 10.3 Å². The number of nitrogens with zero attached hydrogens (tertiary/aromatic N) is 1. The number of ether oxygens (including phenoxy) is 3. The molecule has 2 N–H and O–H groups in total. The zero-order valence-electron chi connectivity index (χ0n) is 14.8. The van der Waals surface area contributed by atoms with Crippen LogP contribution in [0.25, 0.3) is 10.6 Å². The van der Waals surface area contributed by atoms with Crippen LogP contribution in [0.4, 0.5) is 0 Å². The molecule has 4 rings (SSSR count). The molecule has 0 fully saturated rings. The number of hydrogen-bond acceptors (Lipinski definition) is 7. The van der Waals surface area contributed by atoms with Gasteiger partial charge >= 0.3 is 0 Å². The SMILES string of the molecule is COc1ccc(C(O)CNCc2csc(-c3ccc4c(c3)OCO4)n2)cc1. The van der Waals surface area contributed by atoms with Crippen LogP contribution in [0.1, 0.15) is 17.4 Å². The Morgan fingerprint density at radius 1 is 1.19 bits per heavy atom. The highest BCUT2D eigenvalue weighted by molar-refractivity contribution is 7.13. The summed E-state index contributed by atoms with van der Waals surface area (Å²) in [6.45, 7) is 1.31. The molecule has 7 heteroatoms. The van der Waals surface area contributed by atoms with E-state index in [2.05, 4.69) is 10.3 Å². The van der Waals surface area contributed by atoms with Gasteiger partial charge in [0, 0.05) is 24.0 Å². The Morgan fingerprint density at radius 2 is 2.00 bits per heavy atom. The molecule has 6 nitrogen and oxygen atoms in total. The number of benzene rings is 2. The molecule has 27 heavy (non-hydrogen) atoms. The first-order chi connectivity index (χ1) is 13.2. The average Bonchev–Trinajstić information content (AvgIpc) is 3.36. The number of hydrogen-bond donors (Lipinski definition) is 2. The minimum absolute atomic E-state index is 0.266. The second-order valence-corrected chi connectivity index (χ2v) is 6.99. The van der Waals surface area contributed by atoms with E-state index in [9.17, 15) is 5.11 Å². The number of aromatic nitrogens is 1. The zero-order chi connectivity index (χ0) is 18.6. The van der Waals surface area contributed by atoms with Crippen LogP contribution in [0.3, 0.4) is 0 Å². The lowest BCUT2D eigenvalue weighted by Crippen LogP contribution is -2.21. The monoisotopic (exact) mass is 384 g/mol. The fourth-order valence-electron chi connectivity index (χ4n) is 2.83. The van der Waals surface area contributed by atoms with Crippen molar-refractivity contribution in [2.45, 2.75) is 12.6 Å². The molecule has 1 atom stereocenters. The lowest BCUT2D eigenvalue weighted by Gasteiger charge is -2.12. The molecule has 2 heterocycles. The van der Waals surface area contributed by atoms with E-state index in [0.29, 0.717) is 13.1 Å². The van der Waals surface area contributed by atoms with Gasteiger partial charge in [0.05, 0.1) is 18.9 Å². The van der Waals surface area contributed by atoms with Gasteiger partial charge in [0.2, 0.25) is 6.79 Å². The first-order valence-corrected chi connectivity index (χ1v) is 9.48. The molecule has 0 radical (unpaired) electrons. The van der Waals surface area contributed by atoms with Gasteiger partial charge in [0.25, 0.3) is 0 Å². The van der Waals surface area contributed by atoms with Crippen LogP contribution in [0.5, 0.6) is 17.2 Å². The molecule has 1 unspecified atom stereocenters. The van der Waals surface area contributed by atoms with Crippen molar-refractivity contribution in [2.75, 3.05) is 20.4 Å². The maximum absolute atomic E-state index is 10.3.